The second-order valence-electron chi connectivity index (χ2n) is 3.98. The van der Waals surface area contributed by atoms with Crippen LogP contribution in [0, 0.1) is 2.88 Å². The molecule has 2 rings (SSSR count). The van der Waals surface area contributed by atoms with Gasteiger partial charge in [-0.05, 0) is 47.1 Å². The standard InChI is InChI=1S/C14H14INOS/c15-13-9-12(10-18-13)14(17)16-8-4-7-11-5-2-1-3-6-11/h1-3,5-6,9-10H,4,7-8H2,(H,16,17). The minimum Gasteiger partial charge on any atom is -0.352 e. The second-order valence-corrected chi connectivity index (χ2v) is 6.79. The van der Waals surface area contributed by atoms with Crippen molar-refractivity contribution in [3.8, 4) is 0 Å². The van der Waals surface area contributed by atoms with E-state index in [1.54, 1.807) is 11.3 Å². The Kier molecular flexibility index (Phi) is 5.19. The van der Waals surface area contributed by atoms with E-state index in [1.165, 1.54) is 5.56 Å². The van der Waals surface area contributed by atoms with Gasteiger partial charge in [-0.1, -0.05) is 30.3 Å². The van der Waals surface area contributed by atoms with Gasteiger partial charge in [-0.25, -0.2) is 0 Å². The summed E-state index contributed by atoms with van der Waals surface area (Å²) in [5.41, 5.74) is 2.08. The lowest BCUT2D eigenvalue weighted by Crippen LogP contribution is -2.24. The number of rotatable bonds is 5. The van der Waals surface area contributed by atoms with Crippen LogP contribution in [0.25, 0.3) is 0 Å². The highest BCUT2D eigenvalue weighted by Gasteiger charge is 2.06. The molecule has 1 aromatic heterocycles. The van der Waals surface area contributed by atoms with Crippen LogP contribution in [0.1, 0.15) is 22.3 Å². The molecule has 0 unspecified atom stereocenters. The Bertz CT molecular complexity index is 510. The Morgan fingerprint density at radius 2 is 2.06 bits per heavy atom. The Hall–Kier alpha value is -0.880. The number of hydrogen-bond acceptors (Lipinski definition) is 2. The van der Waals surface area contributed by atoms with Crippen molar-refractivity contribution in [3.05, 3.63) is 55.8 Å². The fourth-order valence-electron chi connectivity index (χ4n) is 1.67. The van der Waals surface area contributed by atoms with Crippen molar-refractivity contribution in [2.24, 2.45) is 0 Å². The highest BCUT2D eigenvalue weighted by molar-refractivity contribution is 14.1. The number of nitrogens with one attached hydrogen (secondary N) is 1. The summed E-state index contributed by atoms with van der Waals surface area (Å²) in [6, 6.07) is 12.2. The summed E-state index contributed by atoms with van der Waals surface area (Å²) in [6.07, 6.45) is 1.97. The van der Waals surface area contributed by atoms with Crippen molar-refractivity contribution >= 4 is 39.8 Å². The summed E-state index contributed by atoms with van der Waals surface area (Å²) in [5.74, 6) is 0.0298. The third-order valence-corrected chi connectivity index (χ3v) is 4.39. The quantitative estimate of drug-likeness (QED) is 0.630. The van der Waals surface area contributed by atoms with E-state index in [9.17, 15) is 4.79 Å². The van der Waals surface area contributed by atoms with E-state index in [0.717, 1.165) is 27.8 Å². The Morgan fingerprint density at radius 1 is 1.28 bits per heavy atom. The summed E-state index contributed by atoms with van der Waals surface area (Å²) in [7, 11) is 0. The van der Waals surface area contributed by atoms with Crippen molar-refractivity contribution in [1.82, 2.24) is 5.32 Å². The predicted octanol–water partition coefficient (Wildman–Crippen LogP) is 3.72. The van der Waals surface area contributed by atoms with E-state index < -0.39 is 0 Å². The van der Waals surface area contributed by atoms with Gasteiger partial charge in [0, 0.05) is 11.9 Å². The van der Waals surface area contributed by atoms with Gasteiger partial charge in [0.2, 0.25) is 0 Å². The largest absolute Gasteiger partial charge is 0.352 e. The van der Waals surface area contributed by atoms with Crippen LogP contribution in [-0.4, -0.2) is 12.5 Å². The molecule has 2 nitrogen and oxygen atoms in total. The lowest BCUT2D eigenvalue weighted by molar-refractivity contribution is 0.0953. The number of benzene rings is 1. The van der Waals surface area contributed by atoms with Gasteiger partial charge < -0.3 is 5.32 Å². The number of carbonyl (C=O) groups is 1. The second kappa shape index (κ2) is 6.89. The molecule has 2 aromatic rings. The first kappa shape index (κ1) is 13.5. The monoisotopic (exact) mass is 371 g/mol. The van der Waals surface area contributed by atoms with Crippen LogP contribution in [-0.2, 0) is 6.42 Å². The van der Waals surface area contributed by atoms with Gasteiger partial charge in [-0.3, -0.25) is 4.79 Å². The lowest BCUT2D eigenvalue weighted by atomic mass is 10.1. The Labute approximate surface area is 125 Å². The fourth-order valence-corrected chi connectivity index (χ4v) is 3.00. The van der Waals surface area contributed by atoms with Gasteiger partial charge in [-0.2, -0.15) is 0 Å². The first-order valence-corrected chi connectivity index (χ1v) is 7.78. The van der Waals surface area contributed by atoms with Gasteiger partial charge in [0.15, 0.2) is 0 Å². The number of aryl methyl sites for hydroxylation is 1. The third-order valence-electron chi connectivity index (χ3n) is 2.60. The van der Waals surface area contributed by atoms with Gasteiger partial charge in [0.05, 0.1) is 8.45 Å². The van der Waals surface area contributed by atoms with Crippen LogP contribution in [0.5, 0.6) is 0 Å². The summed E-state index contributed by atoms with van der Waals surface area (Å²) in [4.78, 5) is 11.8. The first-order valence-electron chi connectivity index (χ1n) is 5.82. The van der Waals surface area contributed by atoms with Crippen LogP contribution in [0.2, 0.25) is 0 Å². The van der Waals surface area contributed by atoms with Crippen molar-refractivity contribution in [2.75, 3.05) is 6.54 Å². The number of thiophene rings is 1. The maximum atomic E-state index is 11.8. The minimum atomic E-state index is 0.0298. The molecule has 0 aliphatic rings. The number of halogens is 1. The smallest absolute Gasteiger partial charge is 0.252 e. The molecule has 0 radical (unpaired) electrons. The van der Waals surface area contributed by atoms with Crippen LogP contribution >= 0.6 is 33.9 Å². The molecule has 0 aliphatic carbocycles. The average Bonchev–Trinajstić information content (AvgIpc) is 2.82. The molecule has 18 heavy (non-hydrogen) atoms. The Morgan fingerprint density at radius 3 is 2.72 bits per heavy atom. The first-order chi connectivity index (χ1) is 8.75. The van der Waals surface area contributed by atoms with Crippen molar-refractivity contribution in [3.63, 3.8) is 0 Å². The average molecular weight is 371 g/mol. The molecular formula is C14H14INOS. The van der Waals surface area contributed by atoms with Gasteiger partial charge >= 0.3 is 0 Å². The molecule has 0 saturated heterocycles. The normalized spacial score (nSPS) is 10.3. The summed E-state index contributed by atoms with van der Waals surface area (Å²) >= 11 is 3.82. The van der Waals surface area contributed by atoms with E-state index in [2.05, 4.69) is 40.0 Å². The predicted molar refractivity (Wildman–Crippen MR) is 84.1 cm³/mol. The minimum absolute atomic E-state index is 0.0298. The van der Waals surface area contributed by atoms with Gasteiger partial charge in [-0.15, -0.1) is 11.3 Å². The van der Waals surface area contributed by atoms with Crippen molar-refractivity contribution in [2.45, 2.75) is 12.8 Å². The van der Waals surface area contributed by atoms with E-state index in [-0.39, 0.29) is 5.91 Å². The zero-order chi connectivity index (χ0) is 12.8. The molecule has 0 bridgehead atoms. The highest BCUT2D eigenvalue weighted by Crippen LogP contribution is 2.16. The summed E-state index contributed by atoms with van der Waals surface area (Å²) < 4.78 is 1.14. The third kappa shape index (κ3) is 4.10. The van der Waals surface area contributed by atoms with Crippen molar-refractivity contribution in [1.29, 1.82) is 0 Å². The molecule has 0 aliphatic heterocycles. The van der Waals surface area contributed by atoms with Crippen molar-refractivity contribution < 1.29 is 4.79 Å². The maximum absolute atomic E-state index is 11.8. The van der Waals surface area contributed by atoms with E-state index in [1.807, 2.05) is 29.6 Å². The Balaban J connectivity index is 1.71. The maximum Gasteiger partial charge on any atom is 0.252 e. The molecule has 0 spiro atoms. The zero-order valence-electron chi connectivity index (χ0n) is 9.86. The molecule has 1 N–H and O–H groups in total. The molecule has 0 saturated carbocycles. The van der Waals surface area contributed by atoms with E-state index in [0.29, 0.717) is 0 Å². The lowest BCUT2D eigenvalue weighted by Gasteiger charge is -2.04. The molecule has 1 amide bonds. The topological polar surface area (TPSA) is 29.1 Å². The molecular weight excluding hydrogens is 357 g/mol. The van der Waals surface area contributed by atoms with Gasteiger partial charge in [0.25, 0.3) is 5.91 Å². The van der Waals surface area contributed by atoms with E-state index in [4.69, 9.17) is 0 Å². The summed E-state index contributed by atoms with van der Waals surface area (Å²) in [6.45, 7) is 0.722. The zero-order valence-corrected chi connectivity index (χ0v) is 12.8. The molecule has 94 valence electrons. The van der Waals surface area contributed by atoms with E-state index >= 15 is 0 Å². The summed E-state index contributed by atoms with van der Waals surface area (Å²) in [5, 5.41) is 4.84. The van der Waals surface area contributed by atoms with Gasteiger partial charge in [0.1, 0.15) is 0 Å². The fraction of sp³-hybridized carbons (Fsp3) is 0.214. The SMILES string of the molecule is O=C(NCCCc1ccccc1)c1csc(I)c1. The van der Waals surface area contributed by atoms with Crippen LogP contribution in [0.15, 0.2) is 41.8 Å². The van der Waals surface area contributed by atoms with Crippen LogP contribution < -0.4 is 5.32 Å². The molecule has 4 heteroatoms. The van der Waals surface area contributed by atoms with Crippen LogP contribution in [0.3, 0.4) is 0 Å². The highest BCUT2D eigenvalue weighted by atomic mass is 127. The molecule has 1 heterocycles. The molecule has 0 fully saturated rings. The number of hydrogen-bond donors (Lipinski definition) is 1. The van der Waals surface area contributed by atoms with Crippen LogP contribution in [0.4, 0.5) is 0 Å². The number of amides is 1. The number of carbonyl (C=O) groups excluding carboxylic acids is 1. The molecule has 0 atom stereocenters. The molecule has 1 aromatic carbocycles.